The van der Waals surface area contributed by atoms with Gasteiger partial charge in [-0.2, -0.15) is 12.6 Å². The Balaban J connectivity index is 2.30. The minimum atomic E-state index is -0.763. The van der Waals surface area contributed by atoms with Gasteiger partial charge in [0.2, 0.25) is 0 Å². The molecule has 0 aromatic rings. The fourth-order valence-corrected chi connectivity index (χ4v) is 1.71. The molecule has 1 N–H and O–H groups in total. The quantitative estimate of drug-likeness (QED) is 0.654. The Hall–Kier alpha value is -0.220. The Morgan fingerprint density at radius 3 is 2.92 bits per heavy atom. The van der Waals surface area contributed by atoms with Gasteiger partial charge in [-0.15, -0.1) is 0 Å². The van der Waals surface area contributed by atoms with Gasteiger partial charge in [0.1, 0.15) is 0 Å². The molecule has 3 nitrogen and oxygen atoms in total. The van der Waals surface area contributed by atoms with Crippen LogP contribution < -0.4 is 0 Å². The summed E-state index contributed by atoms with van der Waals surface area (Å²) in [6.07, 6.45) is 2.82. The summed E-state index contributed by atoms with van der Waals surface area (Å²) in [6, 6.07) is 0. The van der Waals surface area contributed by atoms with Crippen molar-refractivity contribution in [3.05, 3.63) is 0 Å². The van der Waals surface area contributed by atoms with Crippen molar-refractivity contribution in [3.8, 4) is 0 Å². The molecule has 0 bridgehead atoms. The van der Waals surface area contributed by atoms with E-state index in [-0.39, 0.29) is 12.0 Å². The normalized spacial score (nSPS) is 25.6. The molecule has 1 aliphatic heterocycles. The summed E-state index contributed by atoms with van der Waals surface area (Å²) in [5.41, 5.74) is 0. The van der Waals surface area contributed by atoms with Gasteiger partial charge in [-0.3, -0.25) is 4.79 Å². The van der Waals surface area contributed by atoms with Crippen LogP contribution in [0.4, 0.5) is 0 Å². The molecular weight excluding hydrogens is 176 g/mol. The molecule has 1 rings (SSSR count). The van der Waals surface area contributed by atoms with Gasteiger partial charge in [-0.05, 0) is 19.3 Å². The first-order valence-corrected chi connectivity index (χ1v) is 4.82. The van der Waals surface area contributed by atoms with Crippen molar-refractivity contribution in [1.82, 2.24) is 0 Å². The number of carboxylic acid groups (broad SMARTS) is 1. The number of aliphatic carboxylic acids is 1. The van der Waals surface area contributed by atoms with Crippen LogP contribution >= 0.6 is 12.6 Å². The summed E-state index contributed by atoms with van der Waals surface area (Å²) < 4.78 is 5.34. The fourth-order valence-electron chi connectivity index (χ4n) is 1.40. The largest absolute Gasteiger partial charge is 0.481 e. The Morgan fingerprint density at radius 2 is 2.50 bits per heavy atom. The van der Waals surface area contributed by atoms with Crippen molar-refractivity contribution >= 4 is 18.6 Å². The third kappa shape index (κ3) is 2.68. The summed E-state index contributed by atoms with van der Waals surface area (Å²) in [5.74, 6) is -0.716. The second-order valence-electron chi connectivity index (χ2n) is 3.09. The maximum Gasteiger partial charge on any atom is 0.307 e. The van der Waals surface area contributed by atoms with Crippen LogP contribution in [0.1, 0.15) is 19.3 Å². The highest BCUT2D eigenvalue weighted by Crippen LogP contribution is 2.20. The summed E-state index contributed by atoms with van der Waals surface area (Å²) >= 11 is 3.99. The second-order valence-corrected chi connectivity index (χ2v) is 3.45. The lowest BCUT2D eigenvalue weighted by atomic mass is 10.0. The van der Waals surface area contributed by atoms with E-state index in [2.05, 4.69) is 12.6 Å². The Labute approximate surface area is 77.5 Å². The molecular formula is C8H14O3S. The second kappa shape index (κ2) is 4.72. The van der Waals surface area contributed by atoms with E-state index in [1.807, 2.05) is 0 Å². The molecule has 1 heterocycles. The van der Waals surface area contributed by atoms with Gasteiger partial charge in [0, 0.05) is 12.4 Å². The standard InChI is InChI=1S/C8H14O3S/c9-8(10)6(5-12)4-7-2-1-3-11-7/h6-7,12H,1-5H2,(H,9,10). The van der Waals surface area contributed by atoms with Crippen LogP contribution in [0.2, 0.25) is 0 Å². The van der Waals surface area contributed by atoms with E-state index < -0.39 is 5.97 Å². The first kappa shape index (κ1) is 9.86. The lowest BCUT2D eigenvalue weighted by Crippen LogP contribution is -2.21. The summed E-state index contributed by atoms with van der Waals surface area (Å²) in [5, 5.41) is 8.73. The first-order chi connectivity index (χ1) is 5.74. The van der Waals surface area contributed by atoms with Gasteiger partial charge in [0.15, 0.2) is 0 Å². The molecule has 70 valence electrons. The van der Waals surface area contributed by atoms with E-state index in [0.29, 0.717) is 12.2 Å². The number of ether oxygens (including phenoxy) is 1. The SMILES string of the molecule is O=C(O)C(CS)CC1CCCO1. The van der Waals surface area contributed by atoms with E-state index in [1.165, 1.54) is 0 Å². The van der Waals surface area contributed by atoms with E-state index in [4.69, 9.17) is 9.84 Å². The molecule has 0 spiro atoms. The smallest absolute Gasteiger partial charge is 0.307 e. The van der Waals surface area contributed by atoms with Gasteiger partial charge in [-0.25, -0.2) is 0 Å². The third-order valence-corrected chi connectivity index (χ3v) is 2.58. The monoisotopic (exact) mass is 190 g/mol. The van der Waals surface area contributed by atoms with Crippen molar-refractivity contribution in [1.29, 1.82) is 0 Å². The van der Waals surface area contributed by atoms with E-state index >= 15 is 0 Å². The van der Waals surface area contributed by atoms with Crippen LogP contribution in [-0.2, 0) is 9.53 Å². The molecule has 0 aliphatic carbocycles. The minimum Gasteiger partial charge on any atom is -0.481 e. The van der Waals surface area contributed by atoms with Crippen LogP contribution in [0.25, 0.3) is 0 Å². The van der Waals surface area contributed by atoms with Crippen LogP contribution in [0.5, 0.6) is 0 Å². The third-order valence-electron chi connectivity index (χ3n) is 2.14. The zero-order valence-electron chi connectivity index (χ0n) is 6.90. The highest BCUT2D eigenvalue weighted by atomic mass is 32.1. The molecule has 0 radical (unpaired) electrons. The molecule has 2 atom stereocenters. The molecule has 12 heavy (non-hydrogen) atoms. The summed E-state index contributed by atoms with van der Waals surface area (Å²) in [7, 11) is 0. The Morgan fingerprint density at radius 1 is 1.75 bits per heavy atom. The van der Waals surface area contributed by atoms with Crippen LogP contribution in [0.15, 0.2) is 0 Å². The van der Waals surface area contributed by atoms with Crippen LogP contribution in [0, 0.1) is 5.92 Å². The number of rotatable bonds is 4. The number of carbonyl (C=O) groups is 1. The molecule has 2 unspecified atom stereocenters. The van der Waals surface area contributed by atoms with Crippen LogP contribution in [-0.4, -0.2) is 29.5 Å². The molecule has 0 aromatic heterocycles. The lowest BCUT2D eigenvalue weighted by molar-refractivity contribution is -0.142. The highest BCUT2D eigenvalue weighted by Gasteiger charge is 2.24. The molecule has 1 saturated heterocycles. The van der Waals surface area contributed by atoms with E-state index in [1.54, 1.807) is 0 Å². The minimum absolute atomic E-state index is 0.151. The fraction of sp³-hybridized carbons (Fsp3) is 0.875. The highest BCUT2D eigenvalue weighted by molar-refractivity contribution is 7.80. The summed E-state index contributed by atoms with van der Waals surface area (Å²) in [4.78, 5) is 10.6. The molecule has 1 aliphatic rings. The van der Waals surface area contributed by atoms with E-state index in [9.17, 15) is 4.79 Å². The number of hydrogen-bond donors (Lipinski definition) is 2. The Bertz CT molecular complexity index is 154. The zero-order chi connectivity index (χ0) is 8.97. The van der Waals surface area contributed by atoms with Crippen molar-refractivity contribution in [2.24, 2.45) is 5.92 Å². The topological polar surface area (TPSA) is 46.5 Å². The first-order valence-electron chi connectivity index (χ1n) is 4.19. The van der Waals surface area contributed by atoms with Crippen molar-refractivity contribution in [2.75, 3.05) is 12.4 Å². The van der Waals surface area contributed by atoms with Gasteiger partial charge in [-0.1, -0.05) is 0 Å². The van der Waals surface area contributed by atoms with Crippen molar-refractivity contribution in [3.63, 3.8) is 0 Å². The average Bonchev–Trinajstić information content (AvgIpc) is 2.51. The summed E-state index contributed by atoms with van der Waals surface area (Å²) in [6.45, 7) is 0.781. The van der Waals surface area contributed by atoms with Gasteiger partial charge in [0.05, 0.1) is 12.0 Å². The van der Waals surface area contributed by atoms with Crippen LogP contribution in [0.3, 0.4) is 0 Å². The predicted molar refractivity (Wildman–Crippen MR) is 48.6 cm³/mol. The Kier molecular flexibility index (Phi) is 3.88. The molecule has 0 amide bonds. The zero-order valence-corrected chi connectivity index (χ0v) is 7.80. The number of thiol groups is 1. The lowest BCUT2D eigenvalue weighted by Gasteiger charge is -2.13. The maximum absolute atomic E-state index is 10.6. The molecule has 0 aromatic carbocycles. The van der Waals surface area contributed by atoms with E-state index in [0.717, 1.165) is 19.4 Å². The average molecular weight is 190 g/mol. The maximum atomic E-state index is 10.6. The number of carboxylic acids is 1. The molecule has 0 saturated carbocycles. The van der Waals surface area contributed by atoms with Gasteiger partial charge in [0.25, 0.3) is 0 Å². The van der Waals surface area contributed by atoms with Crippen molar-refractivity contribution < 1.29 is 14.6 Å². The van der Waals surface area contributed by atoms with Gasteiger partial charge < -0.3 is 9.84 Å². The predicted octanol–water partition coefficient (Wildman–Crippen LogP) is 1.19. The molecule has 1 fully saturated rings. The molecule has 4 heteroatoms. The number of hydrogen-bond acceptors (Lipinski definition) is 3. The van der Waals surface area contributed by atoms with Gasteiger partial charge >= 0.3 is 5.97 Å². The van der Waals surface area contributed by atoms with Crippen molar-refractivity contribution in [2.45, 2.75) is 25.4 Å².